The van der Waals surface area contributed by atoms with E-state index in [2.05, 4.69) is 36.6 Å². The first-order valence-corrected chi connectivity index (χ1v) is 9.55. The van der Waals surface area contributed by atoms with Crippen molar-refractivity contribution in [1.82, 2.24) is 4.72 Å². The van der Waals surface area contributed by atoms with Gasteiger partial charge in [-0.1, -0.05) is 22.9 Å². The second-order valence-corrected chi connectivity index (χ2v) is 8.04. The molecule has 0 saturated carbocycles. The highest BCUT2D eigenvalue weighted by atomic mass is 79.9. The minimum absolute atomic E-state index is 0.109. The Morgan fingerprint density at radius 2 is 1.84 bits per heavy atom. The fourth-order valence-electron chi connectivity index (χ4n) is 1.37. The van der Waals surface area contributed by atoms with E-state index in [1.165, 1.54) is 6.07 Å². The van der Waals surface area contributed by atoms with Gasteiger partial charge in [0, 0.05) is 20.7 Å². The Bertz CT molecular complexity index is 539. The molecule has 0 aliphatic rings. The number of nitrogens with one attached hydrogen (secondary N) is 1. The lowest BCUT2D eigenvalue weighted by atomic mass is 10.0. The molecule has 108 valence electrons. The predicted octanol–water partition coefficient (Wildman–Crippen LogP) is 4.12. The summed E-state index contributed by atoms with van der Waals surface area (Å²) in [4.78, 5) is 0.148. The van der Waals surface area contributed by atoms with E-state index in [9.17, 15) is 8.42 Å². The lowest BCUT2D eigenvalue weighted by molar-refractivity contribution is 0.449. The monoisotopic (exact) mass is 451 g/mol. The summed E-state index contributed by atoms with van der Waals surface area (Å²) in [6.07, 6.45) is 0.505. The molecule has 1 N–H and O–H groups in total. The summed E-state index contributed by atoms with van der Waals surface area (Å²) in [5.74, 6) is 0.218. The van der Waals surface area contributed by atoms with Crippen molar-refractivity contribution in [2.75, 3.05) is 11.8 Å². The molecule has 1 aromatic carbocycles. The summed E-state index contributed by atoms with van der Waals surface area (Å²) < 4.78 is 28.6. The van der Waals surface area contributed by atoms with Crippen molar-refractivity contribution in [3.8, 4) is 0 Å². The maximum absolute atomic E-state index is 12.4. The quantitative estimate of drug-likeness (QED) is 0.658. The van der Waals surface area contributed by atoms with Crippen molar-refractivity contribution in [3.05, 3.63) is 27.1 Å². The topological polar surface area (TPSA) is 46.2 Å². The van der Waals surface area contributed by atoms with Gasteiger partial charge in [0.15, 0.2) is 0 Å². The van der Waals surface area contributed by atoms with Gasteiger partial charge in [-0.25, -0.2) is 13.1 Å². The van der Waals surface area contributed by atoms with Gasteiger partial charge in [-0.05, 0) is 40.5 Å². The molecule has 0 saturated heterocycles. The smallest absolute Gasteiger partial charge is 0.207 e. The molecular weight excluding hydrogens is 441 g/mol. The van der Waals surface area contributed by atoms with Crippen LogP contribution in [0.2, 0.25) is 0 Å². The Labute approximate surface area is 140 Å². The van der Waals surface area contributed by atoms with Crippen LogP contribution in [0.5, 0.6) is 0 Å². The van der Waals surface area contributed by atoms with E-state index in [1.807, 2.05) is 6.92 Å². The average Bonchev–Trinajstić information content (AvgIpc) is 2.39. The van der Waals surface area contributed by atoms with Gasteiger partial charge in [-0.2, -0.15) is 0 Å². The molecule has 0 bridgehead atoms. The van der Waals surface area contributed by atoms with Crippen LogP contribution in [0.25, 0.3) is 0 Å². The van der Waals surface area contributed by atoms with Crippen LogP contribution >= 0.6 is 55.1 Å². The van der Waals surface area contributed by atoms with E-state index in [1.54, 1.807) is 12.1 Å². The summed E-state index contributed by atoms with van der Waals surface area (Å²) in [6, 6.07) is 4.93. The highest BCUT2D eigenvalue weighted by Gasteiger charge is 2.33. The van der Waals surface area contributed by atoms with Crippen LogP contribution in [0.3, 0.4) is 0 Å². The van der Waals surface area contributed by atoms with Gasteiger partial charge in [0.1, 0.15) is 0 Å². The first kappa shape index (κ1) is 17.7. The maximum Gasteiger partial charge on any atom is 0.242 e. The molecule has 3 nitrogen and oxygen atoms in total. The van der Waals surface area contributed by atoms with Crippen LogP contribution in [-0.4, -0.2) is 25.7 Å². The van der Waals surface area contributed by atoms with Crippen molar-refractivity contribution in [2.24, 2.45) is 0 Å². The number of rotatable bonds is 6. The minimum Gasteiger partial charge on any atom is -0.207 e. The van der Waals surface area contributed by atoms with Gasteiger partial charge in [0.2, 0.25) is 10.0 Å². The molecule has 0 aliphatic carbocycles. The molecule has 0 fully saturated rings. The van der Waals surface area contributed by atoms with Crippen molar-refractivity contribution in [3.63, 3.8) is 0 Å². The van der Waals surface area contributed by atoms with E-state index in [4.69, 9.17) is 23.2 Å². The van der Waals surface area contributed by atoms with Gasteiger partial charge in [0.05, 0.1) is 10.4 Å². The number of halogens is 4. The third-order valence-electron chi connectivity index (χ3n) is 2.72. The van der Waals surface area contributed by atoms with Crippen LogP contribution in [0.15, 0.2) is 32.0 Å². The number of alkyl halides is 2. The molecule has 8 heteroatoms. The summed E-state index contributed by atoms with van der Waals surface area (Å²) in [7, 11) is -3.70. The van der Waals surface area contributed by atoms with Crippen LogP contribution < -0.4 is 4.72 Å². The molecule has 0 radical (unpaired) electrons. The van der Waals surface area contributed by atoms with Crippen LogP contribution in [0.4, 0.5) is 0 Å². The summed E-state index contributed by atoms with van der Waals surface area (Å²) in [5, 5.41) is 0. The number of benzene rings is 1. The first-order chi connectivity index (χ1) is 8.80. The molecular formula is C11H13Br2Cl2NO2S. The largest absolute Gasteiger partial charge is 0.242 e. The summed E-state index contributed by atoms with van der Waals surface area (Å²) in [5.41, 5.74) is -0.844. The fraction of sp³-hybridized carbons (Fsp3) is 0.455. The molecule has 19 heavy (non-hydrogen) atoms. The third-order valence-corrected chi connectivity index (χ3v) is 6.81. The van der Waals surface area contributed by atoms with E-state index in [0.29, 0.717) is 15.4 Å². The molecule has 0 heterocycles. The Hall–Kier alpha value is 0.670. The first-order valence-electron chi connectivity index (χ1n) is 5.41. The zero-order valence-electron chi connectivity index (χ0n) is 10.1. The lowest BCUT2D eigenvalue weighted by Crippen LogP contribution is -2.51. The van der Waals surface area contributed by atoms with Crippen molar-refractivity contribution < 1.29 is 8.42 Å². The SMILES string of the molecule is CCC(CCl)(CCl)NS(=O)(=O)c1cc(Br)ccc1Br. The second kappa shape index (κ2) is 7.09. The lowest BCUT2D eigenvalue weighted by Gasteiger charge is -2.29. The van der Waals surface area contributed by atoms with Gasteiger partial charge in [-0.15, -0.1) is 23.2 Å². The van der Waals surface area contributed by atoms with E-state index < -0.39 is 15.6 Å². The van der Waals surface area contributed by atoms with Crippen molar-refractivity contribution in [1.29, 1.82) is 0 Å². The highest BCUT2D eigenvalue weighted by molar-refractivity contribution is 9.11. The number of hydrogen-bond donors (Lipinski definition) is 1. The van der Waals surface area contributed by atoms with Crippen molar-refractivity contribution >= 4 is 65.1 Å². The van der Waals surface area contributed by atoms with Gasteiger partial charge >= 0.3 is 0 Å². The Morgan fingerprint density at radius 3 is 2.32 bits per heavy atom. The minimum atomic E-state index is -3.70. The molecule has 0 spiro atoms. The van der Waals surface area contributed by atoms with Crippen LogP contribution in [0, 0.1) is 0 Å². The summed E-state index contributed by atoms with van der Waals surface area (Å²) >= 11 is 18.2. The fourth-order valence-corrected chi connectivity index (χ4v) is 5.30. The van der Waals surface area contributed by atoms with E-state index in [-0.39, 0.29) is 16.7 Å². The number of hydrogen-bond acceptors (Lipinski definition) is 2. The molecule has 0 atom stereocenters. The van der Waals surface area contributed by atoms with E-state index in [0.717, 1.165) is 0 Å². The van der Waals surface area contributed by atoms with Gasteiger partial charge in [-0.3, -0.25) is 0 Å². The zero-order valence-corrected chi connectivity index (χ0v) is 15.6. The van der Waals surface area contributed by atoms with Gasteiger partial charge in [0.25, 0.3) is 0 Å². The molecule has 0 aliphatic heterocycles. The Balaban J connectivity index is 3.21. The van der Waals surface area contributed by atoms with Crippen LogP contribution in [-0.2, 0) is 10.0 Å². The Kier molecular flexibility index (Phi) is 6.61. The Morgan fingerprint density at radius 1 is 1.26 bits per heavy atom. The normalized spacial score (nSPS) is 12.7. The van der Waals surface area contributed by atoms with Crippen LogP contribution in [0.1, 0.15) is 13.3 Å². The average molecular weight is 454 g/mol. The molecule has 1 rings (SSSR count). The van der Waals surface area contributed by atoms with E-state index >= 15 is 0 Å². The molecule has 0 aromatic heterocycles. The molecule has 0 unspecified atom stereocenters. The molecule has 1 aromatic rings. The second-order valence-electron chi connectivity index (χ2n) is 4.08. The summed E-state index contributed by atoms with van der Waals surface area (Å²) in [6.45, 7) is 1.84. The highest BCUT2D eigenvalue weighted by Crippen LogP contribution is 2.27. The zero-order chi connectivity index (χ0) is 14.7. The third kappa shape index (κ3) is 4.32. The predicted molar refractivity (Wildman–Crippen MR) is 86.6 cm³/mol. The standard InChI is InChI=1S/C11H13Br2Cl2NO2S/c1-2-11(6-14,7-15)16-19(17,18)10-5-8(12)3-4-9(10)13/h3-5,16H,2,6-7H2,1H3. The number of sulfonamides is 1. The maximum atomic E-state index is 12.4. The van der Waals surface area contributed by atoms with Gasteiger partial charge < -0.3 is 0 Å². The van der Waals surface area contributed by atoms with Crippen molar-refractivity contribution in [2.45, 2.75) is 23.8 Å². The molecule has 0 amide bonds.